The molecule has 0 bridgehead atoms. The van der Waals surface area contributed by atoms with Gasteiger partial charge in [-0.1, -0.05) is 6.92 Å². The molecule has 0 rings (SSSR count). The van der Waals surface area contributed by atoms with Gasteiger partial charge in [0.15, 0.2) is 13.6 Å². The monoisotopic (exact) mass is 152 g/mol. The van der Waals surface area contributed by atoms with Crippen molar-refractivity contribution in [3.63, 3.8) is 0 Å². The van der Waals surface area contributed by atoms with Crippen LogP contribution in [0.5, 0.6) is 0 Å². The van der Waals surface area contributed by atoms with Crippen LogP contribution in [0.1, 0.15) is 19.8 Å². The van der Waals surface area contributed by atoms with Gasteiger partial charge in [0.25, 0.3) is 5.92 Å². The molecule has 0 N–H and O–H groups in total. The second-order valence-corrected chi connectivity index (χ2v) is 2.31. The maximum Gasteiger partial charge on any atom is 0.254 e. The average molecular weight is 152 g/mol. The van der Waals surface area contributed by atoms with Gasteiger partial charge in [-0.25, -0.2) is 8.78 Å². The van der Waals surface area contributed by atoms with Crippen LogP contribution < -0.4 is 0 Å². The molecule has 0 atom stereocenters. The van der Waals surface area contributed by atoms with E-state index in [1.165, 1.54) is 14.0 Å². The van der Waals surface area contributed by atoms with Gasteiger partial charge in [0, 0.05) is 11.3 Å². The molecular weight excluding hydrogens is 140 g/mol. The van der Waals surface area contributed by atoms with Crippen molar-refractivity contribution < 1.29 is 13.5 Å². The van der Waals surface area contributed by atoms with Crippen LogP contribution in [0, 0.1) is 4.91 Å². The van der Waals surface area contributed by atoms with E-state index in [-0.39, 0.29) is 19.4 Å². The third-order valence-electron chi connectivity index (χ3n) is 1.31. The molecule has 0 saturated carbocycles. The van der Waals surface area contributed by atoms with E-state index in [1.54, 1.807) is 0 Å². The molecule has 0 aromatic heterocycles. The summed E-state index contributed by atoms with van der Waals surface area (Å²) >= 11 is 0. The first-order valence-corrected chi connectivity index (χ1v) is 3.24. The Hall–Kier alpha value is -0.540. The van der Waals surface area contributed by atoms with Gasteiger partial charge in [-0.05, 0) is 4.76 Å². The highest BCUT2D eigenvalue weighted by Gasteiger charge is 2.28. The molecule has 4 heteroatoms. The highest BCUT2D eigenvalue weighted by Crippen LogP contribution is 2.21. The van der Waals surface area contributed by atoms with Crippen LogP contribution in [0.15, 0.2) is 0 Å². The first kappa shape index (κ1) is 9.46. The van der Waals surface area contributed by atoms with Crippen molar-refractivity contribution in [2.24, 2.45) is 0 Å². The highest BCUT2D eigenvalue weighted by atomic mass is 19.3. The van der Waals surface area contributed by atoms with Crippen molar-refractivity contribution in [3.05, 3.63) is 4.91 Å². The molecule has 0 unspecified atom stereocenters. The van der Waals surface area contributed by atoms with Crippen molar-refractivity contribution in [3.8, 4) is 0 Å². The van der Waals surface area contributed by atoms with Gasteiger partial charge in [0.05, 0.1) is 6.42 Å². The first-order chi connectivity index (χ1) is 4.48. The van der Waals surface area contributed by atoms with Crippen LogP contribution in [0.4, 0.5) is 8.78 Å². The molecule has 0 fully saturated rings. The third-order valence-corrected chi connectivity index (χ3v) is 1.31. The van der Waals surface area contributed by atoms with E-state index < -0.39 is 5.92 Å². The second-order valence-electron chi connectivity index (χ2n) is 2.31. The van der Waals surface area contributed by atoms with Crippen molar-refractivity contribution in [2.75, 3.05) is 13.6 Å². The zero-order valence-corrected chi connectivity index (χ0v) is 6.23. The molecule has 0 aliphatic heterocycles. The fourth-order valence-corrected chi connectivity index (χ4v) is 0.498. The summed E-state index contributed by atoms with van der Waals surface area (Å²) in [5, 5.41) is 0. The van der Waals surface area contributed by atoms with Crippen molar-refractivity contribution in [2.45, 2.75) is 25.7 Å². The first-order valence-electron chi connectivity index (χ1n) is 3.24. The van der Waals surface area contributed by atoms with Gasteiger partial charge in [-0.15, -0.1) is 0 Å². The Morgan fingerprint density at radius 3 is 2.30 bits per heavy atom. The number of nitrogens with zero attached hydrogens (tertiary/aromatic N) is 1. The highest BCUT2D eigenvalue weighted by molar-refractivity contribution is 4.61. The topological polar surface area (TPSA) is 20.1 Å². The number of halogens is 2. The minimum absolute atomic E-state index is 0.0964. The van der Waals surface area contributed by atoms with Crippen LogP contribution in [0.2, 0.25) is 0 Å². The van der Waals surface area contributed by atoms with E-state index in [4.69, 9.17) is 0 Å². The van der Waals surface area contributed by atoms with Crippen LogP contribution in [0.3, 0.4) is 0 Å². The lowest BCUT2D eigenvalue weighted by Crippen LogP contribution is -2.19. The Bertz CT molecular complexity index is 125. The van der Waals surface area contributed by atoms with Crippen LogP contribution in [0.25, 0.3) is 0 Å². The summed E-state index contributed by atoms with van der Waals surface area (Å²) in [7, 11) is 1.24. The van der Waals surface area contributed by atoms with E-state index in [0.717, 1.165) is 0 Å². The second kappa shape index (κ2) is 3.58. The fraction of sp³-hybridized carbons (Fsp3) is 1.00. The quantitative estimate of drug-likeness (QED) is 0.563. The average Bonchev–Trinajstić information content (AvgIpc) is 1.85. The molecule has 0 aromatic rings. The summed E-state index contributed by atoms with van der Waals surface area (Å²) in [6.07, 6.45) is -0.537. The van der Waals surface area contributed by atoms with Gasteiger partial charge in [-0.3, -0.25) is 0 Å². The molecule has 10 heavy (non-hydrogen) atoms. The lowest BCUT2D eigenvalue weighted by Gasteiger charge is -2.09. The summed E-state index contributed by atoms with van der Waals surface area (Å²) in [5.41, 5.74) is 0. The Kier molecular flexibility index (Phi) is 3.39. The van der Waals surface area contributed by atoms with Crippen molar-refractivity contribution in [1.82, 2.24) is 0 Å². The molecule has 0 aliphatic carbocycles. The maximum atomic E-state index is 12.3. The predicted octanol–water partition coefficient (Wildman–Crippen LogP) is 1.83. The third kappa shape index (κ3) is 4.35. The molecule has 0 radical (unpaired) electrons. The van der Waals surface area contributed by atoms with Gasteiger partial charge < -0.3 is 0 Å². The lowest BCUT2D eigenvalue weighted by atomic mass is 10.2. The number of nitroso groups, excluding NO2 is 1. The Balaban J connectivity index is 3.56. The van der Waals surface area contributed by atoms with Crippen LogP contribution in [-0.4, -0.2) is 24.3 Å². The Morgan fingerprint density at radius 1 is 1.50 bits per heavy atom. The molecule has 0 aromatic carbocycles. The van der Waals surface area contributed by atoms with Gasteiger partial charge in [0.2, 0.25) is 0 Å². The fourth-order valence-electron chi connectivity index (χ4n) is 0.498. The minimum Gasteiger partial charge on any atom is -0.207 e. The smallest absolute Gasteiger partial charge is 0.207 e. The van der Waals surface area contributed by atoms with Crippen molar-refractivity contribution in [1.29, 1.82) is 0 Å². The normalized spacial score (nSPS) is 11.6. The molecule has 0 saturated heterocycles. The van der Waals surface area contributed by atoms with Gasteiger partial charge >= 0.3 is 0 Å². The van der Waals surface area contributed by atoms with Crippen LogP contribution >= 0.6 is 0 Å². The van der Waals surface area contributed by atoms with Gasteiger partial charge in [-0.2, -0.15) is 0 Å². The molecule has 0 heterocycles. The summed E-state index contributed by atoms with van der Waals surface area (Å²) in [6.45, 7) is 1.31. The number of hydrogen-bond donors (Lipinski definition) is 0. The number of rotatable bonds is 4. The summed E-state index contributed by atoms with van der Waals surface area (Å²) in [6, 6.07) is 0. The zero-order chi connectivity index (χ0) is 8.20. The molecule has 2 nitrogen and oxygen atoms in total. The largest absolute Gasteiger partial charge is 0.254 e. The standard InChI is InChI=1S/C6H12F2NO/c1-3-6(7,8)4-5-9(2)10/h3-5H2,1-2H3/q+1. The molecule has 0 amide bonds. The van der Waals surface area contributed by atoms with Crippen molar-refractivity contribution >= 4 is 0 Å². The summed E-state index contributed by atoms with van der Waals surface area (Å²) < 4.78 is 25.2. The number of alkyl halides is 2. The van der Waals surface area contributed by atoms with Crippen LogP contribution in [-0.2, 0) is 0 Å². The van der Waals surface area contributed by atoms with E-state index in [1.807, 2.05) is 0 Å². The summed E-state index contributed by atoms with van der Waals surface area (Å²) in [5.74, 6) is -2.67. The van der Waals surface area contributed by atoms with E-state index in [0.29, 0.717) is 4.76 Å². The maximum absolute atomic E-state index is 12.3. The zero-order valence-electron chi connectivity index (χ0n) is 6.23. The molecule has 0 spiro atoms. The Morgan fingerprint density at radius 2 is 2.00 bits per heavy atom. The molecular formula is C6H12F2NO+. The predicted molar refractivity (Wildman–Crippen MR) is 34.3 cm³/mol. The molecule has 60 valence electrons. The summed E-state index contributed by atoms with van der Waals surface area (Å²) in [4.78, 5) is 10.2. The Labute approximate surface area is 58.8 Å². The SMILES string of the molecule is CCC(F)(F)CC[N+](C)=O. The minimum atomic E-state index is -2.67. The van der Waals surface area contributed by atoms with Gasteiger partial charge in [0.1, 0.15) is 0 Å². The van der Waals surface area contributed by atoms with E-state index in [2.05, 4.69) is 0 Å². The lowest BCUT2D eigenvalue weighted by molar-refractivity contribution is -0.522. The van der Waals surface area contributed by atoms with E-state index in [9.17, 15) is 13.7 Å². The molecule has 0 aliphatic rings. The van der Waals surface area contributed by atoms with E-state index >= 15 is 0 Å². The number of hydrogen-bond acceptors (Lipinski definition) is 1.